The highest BCUT2D eigenvalue weighted by atomic mass is 35.5. The van der Waals surface area contributed by atoms with Crippen molar-refractivity contribution in [3.05, 3.63) is 34.9 Å². The maximum absolute atomic E-state index is 11.8. The van der Waals surface area contributed by atoms with Crippen LogP contribution < -0.4 is 0 Å². The van der Waals surface area contributed by atoms with Crippen molar-refractivity contribution < 1.29 is 9.53 Å². The number of carbonyl (C=O) groups is 1. The monoisotopic (exact) mass is 266 g/mol. The molecule has 0 spiro atoms. The molecule has 0 N–H and O–H groups in total. The predicted octanol–water partition coefficient (Wildman–Crippen LogP) is 2.97. The highest BCUT2D eigenvalue weighted by molar-refractivity contribution is 6.32. The van der Waals surface area contributed by atoms with Crippen molar-refractivity contribution in [2.24, 2.45) is 5.92 Å². The third-order valence-electron chi connectivity index (χ3n) is 2.67. The first-order valence-corrected chi connectivity index (χ1v) is 6.16. The maximum Gasteiger partial charge on any atom is 0.355 e. The van der Waals surface area contributed by atoms with Gasteiger partial charge in [0.2, 0.25) is 0 Å². The molecular formula is C13H15ClN2O2. The van der Waals surface area contributed by atoms with Crippen LogP contribution in [0, 0.1) is 5.92 Å². The second-order valence-electron chi connectivity index (χ2n) is 4.54. The lowest BCUT2D eigenvalue weighted by Gasteiger charge is -2.08. The number of fused-ring (bicyclic) bond motifs is 1. The van der Waals surface area contributed by atoms with Gasteiger partial charge in [0, 0.05) is 6.42 Å². The summed E-state index contributed by atoms with van der Waals surface area (Å²) in [5.74, 6) is 0.822. The molecule has 4 nitrogen and oxygen atoms in total. The molecule has 2 heterocycles. The van der Waals surface area contributed by atoms with Crippen LogP contribution in [0.1, 0.15) is 30.2 Å². The van der Waals surface area contributed by atoms with Crippen LogP contribution >= 0.6 is 11.6 Å². The summed E-state index contributed by atoms with van der Waals surface area (Å²) in [6.45, 7) is 4.19. The summed E-state index contributed by atoms with van der Waals surface area (Å²) < 4.78 is 6.55. The normalized spacial score (nSPS) is 11.2. The van der Waals surface area contributed by atoms with Gasteiger partial charge in [-0.15, -0.1) is 0 Å². The van der Waals surface area contributed by atoms with E-state index >= 15 is 0 Å². The van der Waals surface area contributed by atoms with Gasteiger partial charge in [0.1, 0.15) is 11.5 Å². The van der Waals surface area contributed by atoms with E-state index in [1.165, 1.54) is 7.11 Å². The summed E-state index contributed by atoms with van der Waals surface area (Å²) in [5.41, 5.74) is 1.18. The lowest BCUT2D eigenvalue weighted by molar-refractivity contribution is 0.0592. The number of pyridine rings is 1. The Morgan fingerprint density at radius 3 is 2.83 bits per heavy atom. The van der Waals surface area contributed by atoms with Gasteiger partial charge < -0.3 is 4.74 Å². The molecule has 18 heavy (non-hydrogen) atoms. The molecule has 0 saturated carbocycles. The Morgan fingerprint density at radius 2 is 2.22 bits per heavy atom. The number of rotatable bonds is 3. The summed E-state index contributed by atoms with van der Waals surface area (Å²) in [7, 11) is 1.36. The van der Waals surface area contributed by atoms with E-state index in [2.05, 4.69) is 18.8 Å². The van der Waals surface area contributed by atoms with E-state index in [9.17, 15) is 4.79 Å². The number of hydrogen-bond donors (Lipinski definition) is 0. The molecule has 0 aliphatic rings. The van der Waals surface area contributed by atoms with Crippen LogP contribution in [-0.2, 0) is 11.2 Å². The minimum atomic E-state index is -0.389. The molecule has 0 saturated heterocycles. The van der Waals surface area contributed by atoms with E-state index in [0.717, 1.165) is 17.8 Å². The highest BCUT2D eigenvalue weighted by Crippen LogP contribution is 2.22. The molecule has 2 aromatic heterocycles. The molecule has 0 amide bonds. The van der Waals surface area contributed by atoms with Gasteiger partial charge in [0.25, 0.3) is 0 Å². The van der Waals surface area contributed by atoms with Crippen LogP contribution in [0.25, 0.3) is 5.52 Å². The van der Waals surface area contributed by atoms with E-state index in [-0.39, 0.29) is 5.97 Å². The van der Waals surface area contributed by atoms with E-state index in [4.69, 9.17) is 16.3 Å². The average molecular weight is 267 g/mol. The first-order valence-electron chi connectivity index (χ1n) is 5.78. The maximum atomic E-state index is 11.8. The summed E-state index contributed by atoms with van der Waals surface area (Å²) in [5, 5.41) is 0.413. The van der Waals surface area contributed by atoms with Gasteiger partial charge in [0.15, 0.2) is 5.15 Å². The number of esters is 1. The van der Waals surface area contributed by atoms with Crippen LogP contribution in [0.15, 0.2) is 18.2 Å². The second kappa shape index (κ2) is 4.98. The number of imidazole rings is 1. The fraction of sp³-hybridized carbons (Fsp3) is 0.385. The zero-order valence-corrected chi connectivity index (χ0v) is 11.4. The minimum absolute atomic E-state index is 0.389. The van der Waals surface area contributed by atoms with Gasteiger partial charge in [0.05, 0.1) is 12.6 Å². The molecule has 2 aromatic rings. The molecule has 0 fully saturated rings. The number of nitrogens with zero attached hydrogens (tertiary/aromatic N) is 2. The van der Waals surface area contributed by atoms with Crippen LogP contribution in [0.5, 0.6) is 0 Å². The standard InChI is InChI=1S/C13H15ClN2O2/c1-8(2)7-11-15-12(14)9-5-4-6-10(16(9)11)13(17)18-3/h4-6,8H,7H2,1-3H3. The third-order valence-corrected chi connectivity index (χ3v) is 2.95. The predicted molar refractivity (Wildman–Crippen MR) is 70.1 cm³/mol. The number of hydrogen-bond acceptors (Lipinski definition) is 3. The summed E-state index contributed by atoms with van der Waals surface area (Å²) in [6, 6.07) is 5.32. The topological polar surface area (TPSA) is 43.6 Å². The lowest BCUT2D eigenvalue weighted by Crippen LogP contribution is -2.11. The van der Waals surface area contributed by atoms with E-state index in [0.29, 0.717) is 16.8 Å². The lowest BCUT2D eigenvalue weighted by atomic mass is 10.1. The zero-order chi connectivity index (χ0) is 13.3. The van der Waals surface area contributed by atoms with Crippen LogP contribution in [0.3, 0.4) is 0 Å². The molecule has 0 unspecified atom stereocenters. The smallest absolute Gasteiger partial charge is 0.355 e. The van der Waals surface area contributed by atoms with Crippen molar-refractivity contribution >= 4 is 23.1 Å². The zero-order valence-electron chi connectivity index (χ0n) is 10.6. The Hall–Kier alpha value is -1.55. The molecular weight excluding hydrogens is 252 g/mol. The molecule has 0 aliphatic heterocycles. The number of ether oxygens (including phenoxy) is 1. The molecule has 5 heteroatoms. The average Bonchev–Trinajstić information content (AvgIpc) is 2.65. The van der Waals surface area contributed by atoms with Crippen LogP contribution in [-0.4, -0.2) is 22.5 Å². The quantitative estimate of drug-likeness (QED) is 0.802. The molecule has 0 bridgehead atoms. The Bertz CT molecular complexity index is 590. The number of halogens is 1. The molecule has 0 atom stereocenters. The van der Waals surface area contributed by atoms with Crippen molar-refractivity contribution in [3.8, 4) is 0 Å². The first-order chi connectivity index (χ1) is 8.54. The highest BCUT2D eigenvalue weighted by Gasteiger charge is 2.17. The number of aromatic nitrogens is 2. The van der Waals surface area contributed by atoms with Crippen molar-refractivity contribution in [3.63, 3.8) is 0 Å². The van der Waals surface area contributed by atoms with Gasteiger partial charge in [-0.25, -0.2) is 9.78 Å². The molecule has 2 rings (SSSR count). The third kappa shape index (κ3) is 2.20. The van der Waals surface area contributed by atoms with Crippen molar-refractivity contribution in [2.75, 3.05) is 7.11 Å². The van der Waals surface area contributed by atoms with Gasteiger partial charge in [-0.05, 0) is 18.1 Å². The minimum Gasteiger partial charge on any atom is -0.464 e. The van der Waals surface area contributed by atoms with Gasteiger partial charge in [-0.3, -0.25) is 4.40 Å². The Balaban J connectivity index is 2.68. The summed E-state index contributed by atoms with van der Waals surface area (Å²) in [4.78, 5) is 16.1. The van der Waals surface area contributed by atoms with E-state index < -0.39 is 0 Å². The van der Waals surface area contributed by atoms with Crippen molar-refractivity contribution in [1.29, 1.82) is 0 Å². The molecule has 0 aromatic carbocycles. The largest absolute Gasteiger partial charge is 0.464 e. The van der Waals surface area contributed by atoms with Gasteiger partial charge >= 0.3 is 5.97 Å². The Labute approximate surface area is 111 Å². The molecule has 0 radical (unpaired) electrons. The van der Waals surface area contributed by atoms with E-state index in [1.807, 2.05) is 6.07 Å². The number of carbonyl (C=O) groups excluding carboxylic acids is 1. The summed E-state index contributed by atoms with van der Waals surface area (Å²) >= 11 is 6.10. The fourth-order valence-corrected chi connectivity index (χ4v) is 2.18. The second-order valence-corrected chi connectivity index (χ2v) is 4.90. The first kappa shape index (κ1) is 12.9. The van der Waals surface area contributed by atoms with Crippen LogP contribution in [0.2, 0.25) is 5.15 Å². The summed E-state index contributed by atoms with van der Waals surface area (Å²) in [6.07, 6.45) is 0.752. The van der Waals surface area contributed by atoms with Gasteiger partial charge in [-0.2, -0.15) is 0 Å². The number of methoxy groups -OCH3 is 1. The van der Waals surface area contributed by atoms with Crippen molar-refractivity contribution in [1.82, 2.24) is 9.38 Å². The Morgan fingerprint density at radius 1 is 1.50 bits per heavy atom. The van der Waals surface area contributed by atoms with Gasteiger partial charge in [-0.1, -0.05) is 31.5 Å². The van der Waals surface area contributed by atoms with E-state index in [1.54, 1.807) is 16.5 Å². The fourth-order valence-electron chi connectivity index (χ4n) is 1.93. The molecule has 0 aliphatic carbocycles. The Kier molecular flexibility index (Phi) is 3.57. The van der Waals surface area contributed by atoms with Crippen molar-refractivity contribution in [2.45, 2.75) is 20.3 Å². The molecule has 96 valence electrons. The van der Waals surface area contributed by atoms with Crippen LogP contribution in [0.4, 0.5) is 0 Å². The SMILES string of the molecule is COC(=O)c1cccc2c(Cl)nc(CC(C)C)n12.